The van der Waals surface area contributed by atoms with Crippen LogP contribution in [0.1, 0.15) is 44.0 Å². The minimum atomic E-state index is -3.40. The van der Waals surface area contributed by atoms with Gasteiger partial charge in [-0.1, -0.05) is 6.07 Å². The molecule has 0 radical (unpaired) electrons. The average Bonchev–Trinajstić information content (AvgIpc) is 3.03. The Morgan fingerprint density at radius 3 is 2.56 bits per heavy atom. The van der Waals surface area contributed by atoms with Crippen LogP contribution in [-0.2, 0) is 22.7 Å². The summed E-state index contributed by atoms with van der Waals surface area (Å²) in [6, 6.07) is 5.68. The summed E-state index contributed by atoms with van der Waals surface area (Å²) in [5.41, 5.74) is 6.59. The molecule has 0 bridgehead atoms. The van der Waals surface area contributed by atoms with Gasteiger partial charge in [-0.05, 0) is 49.4 Å². The molecule has 1 aliphatic carbocycles. The van der Waals surface area contributed by atoms with Crippen molar-refractivity contribution >= 4 is 33.0 Å². The van der Waals surface area contributed by atoms with E-state index in [1.807, 2.05) is 5.38 Å². The Bertz CT molecular complexity index is 932. The second-order valence-corrected chi connectivity index (χ2v) is 8.95. The molecule has 0 spiro atoms. The van der Waals surface area contributed by atoms with Gasteiger partial charge in [0.2, 0.25) is 0 Å². The van der Waals surface area contributed by atoms with E-state index in [2.05, 4.69) is 10.9 Å². The molecular formula is C17H18N2O4S2. The highest BCUT2D eigenvalue weighted by molar-refractivity contribution is 7.90. The SMILES string of the molecule is CS(=O)(=O)c1cccc(C(=O)NNC(=O)c2csc3c2CCCC3)c1. The van der Waals surface area contributed by atoms with Crippen LogP contribution in [0.3, 0.4) is 0 Å². The summed E-state index contributed by atoms with van der Waals surface area (Å²) in [4.78, 5) is 25.8. The quantitative estimate of drug-likeness (QED) is 0.800. The zero-order chi connectivity index (χ0) is 18.0. The molecule has 0 unspecified atom stereocenters. The molecule has 2 amide bonds. The first-order valence-electron chi connectivity index (χ1n) is 7.86. The number of amides is 2. The van der Waals surface area contributed by atoms with Gasteiger partial charge in [-0.3, -0.25) is 20.4 Å². The minimum absolute atomic E-state index is 0.0541. The number of fused-ring (bicyclic) bond motifs is 1. The highest BCUT2D eigenvalue weighted by Gasteiger charge is 2.20. The van der Waals surface area contributed by atoms with E-state index in [0.717, 1.165) is 37.5 Å². The molecule has 0 saturated carbocycles. The predicted octanol–water partition coefficient (Wildman–Crippen LogP) is 2.11. The lowest BCUT2D eigenvalue weighted by atomic mass is 9.96. The van der Waals surface area contributed by atoms with E-state index < -0.39 is 15.7 Å². The molecule has 2 N–H and O–H groups in total. The number of hydrazine groups is 1. The summed E-state index contributed by atoms with van der Waals surface area (Å²) in [6.07, 6.45) is 5.16. The van der Waals surface area contributed by atoms with Gasteiger partial charge in [-0.2, -0.15) is 0 Å². The summed E-state index contributed by atoms with van der Waals surface area (Å²) in [5, 5.41) is 1.82. The largest absolute Gasteiger partial charge is 0.270 e. The fourth-order valence-electron chi connectivity index (χ4n) is 2.81. The third-order valence-electron chi connectivity index (χ3n) is 4.12. The first-order chi connectivity index (χ1) is 11.9. The molecular weight excluding hydrogens is 360 g/mol. The lowest BCUT2D eigenvalue weighted by molar-refractivity contribution is 0.0846. The van der Waals surface area contributed by atoms with Gasteiger partial charge in [0.15, 0.2) is 9.84 Å². The number of rotatable bonds is 3. The van der Waals surface area contributed by atoms with Gasteiger partial charge in [0.25, 0.3) is 11.8 Å². The van der Waals surface area contributed by atoms with Crippen molar-refractivity contribution in [2.24, 2.45) is 0 Å². The Balaban J connectivity index is 1.68. The second-order valence-electron chi connectivity index (χ2n) is 5.97. The Morgan fingerprint density at radius 1 is 1.08 bits per heavy atom. The predicted molar refractivity (Wildman–Crippen MR) is 95.4 cm³/mol. The van der Waals surface area contributed by atoms with Crippen molar-refractivity contribution in [2.75, 3.05) is 6.26 Å². The van der Waals surface area contributed by atoms with E-state index in [9.17, 15) is 18.0 Å². The molecule has 3 rings (SSSR count). The molecule has 1 heterocycles. The molecule has 132 valence electrons. The van der Waals surface area contributed by atoms with E-state index in [0.29, 0.717) is 5.56 Å². The van der Waals surface area contributed by atoms with Crippen molar-refractivity contribution in [3.05, 3.63) is 51.2 Å². The second kappa shape index (κ2) is 6.97. The molecule has 1 aromatic carbocycles. The molecule has 1 aromatic heterocycles. The maximum Gasteiger partial charge on any atom is 0.270 e. The fourth-order valence-corrected chi connectivity index (χ4v) is 4.60. The van der Waals surface area contributed by atoms with Gasteiger partial charge in [-0.15, -0.1) is 11.3 Å². The Morgan fingerprint density at radius 2 is 1.80 bits per heavy atom. The topological polar surface area (TPSA) is 92.3 Å². The summed E-state index contributed by atoms with van der Waals surface area (Å²) in [7, 11) is -3.40. The molecule has 0 saturated heterocycles. The summed E-state index contributed by atoms with van der Waals surface area (Å²) in [6.45, 7) is 0. The van der Waals surface area contributed by atoms with E-state index in [-0.39, 0.29) is 16.4 Å². The molecule has 1 aliphatic rings. The van der Waals surface area contributed by atoms with Crippen LogP contribution in [0.2, 0.25) is 0 Å². The van der Waals surface area contributed by atoms with Gasteiger partial charge >= 0.3 is 0 Å². The number of hydrogen-bond donors (Lipinski definition) is 2. The molecule has 8 heteroatoms. The smallest absolute Gasteiger partial charge is 0.267 e. The van der Waals surface area contributed by atoms with E-state index in [1.165, 1.54) is 29.1 Å². The maximum atomic E-state index is 12.3. The van der Waals surface area contributed by atoms with Crippen LogP contribution < -0.4 is 10.9 Å². The number of benzene rings is 1. The third-order valence-corrected chi connectivity index (χ3v) is 6.32. The van der Waals surface area contributed by atoms with Crippen LogP contribution in [0.25, 0.3) is 0 Å². The van der Waals surface area contributed by atoms with E-state index in [1.54, 1.807) is 11.3 Å². The highest BCUT2D eigenvalue weighted by atomic mass is 32.2. The number of sulfone groups is 1. The van der Waals surface area contributed by atoms with Crippen molar-refractivity contribution < 1.29 is 18.0 Å². The summed E-state index contributed by atoms with van der Waals surface area (Å²) in [5.74, 6) is -0.921. The van der Waals surface area contributed by atoms with Crippen LogP contribution in [0.5, 0.6) is 0 Å². The summed E-state index contributed by atoms with van der Waals surface area (Å²) < 4.78 is 23.1. The Kier molecular flexibility index (Phi) is 4.91. The minimum Gasteiger partial charge on any atom is -0.267 e. The zero-order valence-corrected chi connectivity index (χ0v) is 15.3. The number of carbonyl (C=O) groups excluding carboxylic acids is 2. The van der Waals surface area contributed by atoms with E-state index in [4.69, 9.17) is 0 Å². The molecule has 0 atom stereocenters. The fraction of sp³-hybridized carbons (Fsp3) is 0.294. The Labute approximate surface area is 150 Å². The molecule has 0 fully saturated rings. The number of aryl methyl sites for hydroxylation is 1. The number of thiophene rings is 1. The number of hydrogen-bond acceptors (Lipinski definition) is 5. The molecule has 25 heavy (non-hydrogen) atoms. The molecule has 2 aromatic rings. The average molecular weight is 378 g/mol. The van der Waals surface area contributed by atoms with Gasteiger partial charge in [0.1, 0.15) is 0 Å². The van der Waals surface area contributed by atoms with Crippen LogP contribution in [0.15, 0.2) is 34.5 Å². The van der Waals surface area contributed by atoms with Gasteiger partial charge < -0.3 is 0 Å². The maximum absolute atomic E-state index is 12.3. The molecule has 6 nitrogen and oxygen atoms in total. The highest BCUT2D eigenvalue weighted by Crippen LogP contribution is 2.30. The van der Waals surface area contributed by atoms with Crippen molar-refractivity contribution in [3.8, 4) is 0 Å². The lowest BCUT2D eigenvalue weighted by Crippen LogP contribution is -2.41. The van der Waals surface area contributed by atoms with Crippen LogP contribution in [0, 0.1) is 0 Å². The zero-order valence-electron chi connectivity index (χ0n) is 13.7. The standard InChI is InChI=1S/C17H18N2O4S2/c1-25(22,23)12-6-4-5-11(9-12)16(20)18-19-17(21)14-10-24-15-8-3-2-7-13(14)15/h4-6,9-10H,2-3,7-8H2,1H3,(H,18,20)(H,19,21). The van der Waals surface area contributed by atoms with Crippen LogP contribution >= 0.6 is 11.3 Å². The first-order valence-corrected chi connectivity index (χ1v) is 10.6. The molecule has 0 aliphatic heterocycles. The van der Waals surface area contributed by atoms with Crippen molar-refractivity contribution in [1.29, 1.82) is 0 Å². The van der Waals surface area contributed by atoms with Gasteiger partial charge in [0.05, 0.1) is 10.5 Å². The van der Waals surface area contributed by atoms with Gasteiger partial charge in [-0.25, -0.2) is 8.42 Å². The Hall–Kier alpha value is -2.19. The third kappa shape index (κ3) is 3.91. The number of nitrogens with one attached hydrogen (secondary N) is 2. The van der Waals surface area contributed by atoms with Gasteiger partial charge in [0, 0.05) is 22.1 Å². The lowest BCUT2D eigenvalue weighted by Gasteiger charge is -2.13. The van der Waals surface area contributed by atoms with Crippen LogP contribution in [0.4, 0.5) is 0 Å². The summed E-state index contributed by atoms with van der Waals surface area (Å²) >= 11 is 1.58. The normalized spacial score (nSPS) is 13.8. The van der Waals surface area contributed by atoms with E-state index >= 15 is 0 Å². The number of carbonyl (C=O) groups is 2. The first kappa shape index (κ1) is 17.6. The van der Waals surface area contributed by atoms with Crippen molar-refractivity contribution in [2.45, 2.75) is 30.6 Å². The van der Waals surface area contributed by atoms with Crippen LogP contribution in [-0.4, -0.2) is 26.5 Å². The monoisotopic (exact) mass is 378 g/mol. The van der Waals surface area contributed by atoms with Crippen molar-refractivity contribution in [1.82, 2.24) is 10.9 Å². The van der Waals surface area contributed by atoms with Crippen molar-refractivity contribution in [3.63, 3.8) is 0 Å².